The summed E-state index contributed by atoms with van der Waals surface area (Å²) in [4.78, 5) is 1.04. The van der Waals surface area contributed by atoms with Gasteiger partial charge in [0.1, 0.15) is 0 Å². The van der Waals surface area contributed by atoms with Gasteiger partial charge in [-0.1, -0.05) is 15.9 Å². The van der Waals surface area contributed by atoms with Gasteiger partial charge in [-0.05, 0) is 29.0 Å². The maximum Gasteiger partial charge on any atom is 0.184 e. The molecule has 58 valence electrons. The Morgan fingerprint density at radius 1 is 1.55 bits per heavy atom. The number of fused-ring (bicyclic) bond motifs is 1. The Bertz CT molecular complexity index is 328. The molecule has 0 radical (unpaired) electrons. The van der Waals surface area contributed by atoms with Crippen molar-refractivity contribution in [2.24, 2.45) is 0 Å². The molecular formula is C6H4BrNOS2. The first-order chi connectivity index (χ1) is 5.25. The van der Waals surface area contributed by atoms with Gasteiger partial charge in [-0.15, -0.1) is 0 Å². The monoisotopic (exact) mass is 249 g/mol. The Labute approximate surface area is 78.9 Å². The van der Waals surface area contributed by atoms with Crippen LogP contribution in [-0.4, -0.2) is 4.21 Å². The summed E-state index contributed by atoms with van der Waals surface area (Å²) in [5, 5.41) is 0. The van der Waals surface area contributed by atoms with Gasteiger partial charge in [0.15, 0.2) is 10.0 Å². The minimum absolute atomic E-state index is 0.955. The van der Waals surface area contributed by atoms with Gasteiger partial charge in [0.2, 0.25) is 0 Å². The molecule has 0 aromatic heterocycles. The minimum Gasteiger partial charge on any atom is -0.295 e. The van der Waals surface area contributed by atoms with E-state index < -0.39 is 10.0 Å². The van der Waals surface area contributed by atoms with Crippen molar-refractivity contribution in [1.82, 2.24) is 0 Å². The molecule has 0 bridgehead atoms. The Morgan fingerprint density at radius 3 is 3.18 bits per heavy atom. The number of hydrogen-bond acceptors (Lipinski definition) is 2. The summed E-state index contributed by atoms with van der Waals surface area (Å²) in [5.41, 5.74) is 0.955. The molecule has 0 saturated carbocycles. The number of rotatable bonds is 0. The van der Waals surface area contributed by atoms with Crippen molar-refractivity contribution in [3.05, 3.63) is 22.7 Å². The SMILES string of the molecule is O=[S@@]1Nc2ccc(Br)cc2S1. The molecule has 1 heterocycles. The standard InChI is InChI=1S/C6H4BrNOS2/c7-4-1-2-5-6(3-4)10-11(9)8-5/h1-3,8H/t11-/m0/s1. The van der Waals surface area contributed by atoms with Crippen LogP contribution in [-0.2, 0) is 10.0 Å². The van der Waals surface area contributed by atoms with Gasteiger partial charge in [-0.2, -0.15) is 0 Å². The molecule has 0 aliphatic carbocycles. The van der Waals surface area contributed by atoms with E-state index in [-0.39, 0.29) is 0 Å². The molecular weight excluding hydrogens is 246 g/mol. The topological polar surface area (TPSA) is 29.1 Å². The van der Waals surface area contributed by atoms with E-state index in [0.29, 0.717) is 0 Å². The number of hydrogen-bond donors (Lipinski definition) is 1. The molecule has 2 nitrogen and oxygen atoms in total. The van der Waals surface area contributed by atoms with Crippen LogP contribution in [0.3, 0.4) is 0 Å². The fourth-order valence-electron chi connectivity index (χ4n) is 0.842. The summed E-state index contributed by atoms with van der Waals surface area (Å²) in [6.07, 6.45) is 0. The molecule has 0 spiro atoms. The third kappa shape index (κ3) is 1.45. The van der Waals surface area contributed by atoms with Crippen molar-refractivity contribution in [2.75, 3.05) is 4.72 Å². The second-order valence-corrected chi connectivity index (χ2v) is 5.66. The van der Waals surface area contributed by atoms with Crippen LogP contribution >= 0.6 is 26.7 Å². The number of benzene rings is 1. The summed E-state index contributed by atoms with van der Waals surface area (Å²) >= 11 is 3.34. The minimum atomic E-state index is -0.982. The maximum absolute atomic E-state index is 11.0. The molecule has 0 fully saturated rings. The van der Waals surface area contributed by atoms with E-state index in [4.69, 9.17) is 0 Å². The average Bonchev–Trinajstić information content (AvgIpc) is 2.27. The zero-order valence-corrected chi connectivity index (χ0v) is 8.55. The van der Waals surface area contributed by atoms with Crippen molar-refractivity contribution >= 4 is 42.4 Å². The molecule has 0 amide bonds. The molecule has 1 aliphatic heterocycles. The van der Waals surface area contributed by atoms with E-state index >= 15 is 0 Å². The highest BCUT2D eigenvalue weighted by Crippen LogP contribution is 2.38. The second-order valence-electron chi connectivity index (χ2n) is 2.06. The van der Waals surface area contributed by atoms with Crippen molar-refractivity contribution in [1.29, 1.82) is 0 Å². The smallest absolute Gasteiger partial charge is 0.184 e. The average molecular weight is 250 g/mol. The third-order valence-corrected chi connectivity index (χ3v) is 4.09. The summed E-state index contributed by atoms with van der Waals surface area (Å²) in [6.45, 7) is 0. The Hall–Kier alpha value is -0.000000000000000111. The number of anilines is 1. The lowest BCUT2D eigenvalue weighted by molar-refractivity contribution is 0.694. The van der Waals surface area contributed by atoms with E-state index in [1.54, 1.807) is 0 Å². The van der Waals surface area contributed by atoms with E-state index in [1.165, 1.54) is 10.8 Å². The number of nitrogens with one attached hydrogen (secondary N) is 1. The van der Waals surface area contributed by atoms with Gasteiger partial charge in [-0.25, -0.2) is 4.21 Å². The Balaban J connectivity index is 2.51. The van der Waals surface area contributed by atoms with E-state index in [2.05, 4.69) is 20.7 Å². The van der Waals surface area contributed by atoms with Crippen LogP contribution in [0.1, 0.15) is 0 Å². The van der Waals surface area contributed by atoms with Crippen LogP contribution in [0.15, 0.2) is 27.6 Å². The predicted octanol–water partition coefficient (Wildman–Crippen LogP) is 2.55. The van der Waals surface area contributed by atoms with Gasteiger partial charge >= 0.3 is 0 Å². The summed E-state index contributed by atoms with van der Waals surface area (Å²) in [7, 11) is 0.355. The molecule has 11 heavy (non-hydrogen) atoms. The first-order valence-electron chi connectivity index (χ1n) is 2.92. The largest absolute Gasteiger partial charge is 0.295 e. The van der Waals surface area contributed by atoms with E-state index in [0.717, 1.165) is 15.1 Å². The van der Waals surface area contributed by atoms with Crippen LogP contribution in [0.5, 0.6) is 0 Å². The van der Waals surface area contributed by atoms with Crippen molar-refractivity contribution < 1.29 is 4.21 Å². The number of halogens is 1. The van der Waals surface area contributed by atoms with Crippen molar-refractivity contribution in [3.63, 3.8) is 0 Å². The lowest BCUT2D eigenvalue weighted by atomic mass is 10.3. The van der Waals surface area contributed by atoms with Gasteiger partial charge in [0.25, 0.3) is 0 Å². The van der Waals surface area contributed by atoms with Crippen molar-refractivity contribution in [2.45, 2.75) is 4.90 Å². The fourth-order valence-corrected chi connectivity index (χ4v) is 3.66. The zero-order chi connectivity index (χ0) is 7.84. The Morgan fingerprint density at radius 2 is 2.36 bits per heavy atom. The van der Waals surface area contributed by atoms with Crippen molar-refractivity contribution in [3.8, 4) is 0 Å². The molecule has 1 aromatic rings. The normalized spacial score (nSPS) is 21.0. The first kappa shape index (κ1) is 7.64. The second kappa shape index (κ2) is 2.80. The highest BCUT2D eigenvalue weighted by atomic mass is 79.9. The molecule has 1 atom stereocenters. The zero-order valence-electron chi connectivity index (χ0n) is 5.33. The Kier molecular flexibility index (Phi) is 1.95. The van der Waals surface area contributed by atoms with E-state index in [9.17, 15) is 4.21 Å². The van der Waals surface area contributed by atoms with Gasteiger partial charge in [-0.3, -0.25) is 4.72 Å². The predicted molar refractivity (Wildman–Crippen MR) is 51.8 cm³/mol. The van der Waals surface area contributed by atoms with Crippen LogP contribution in [0.4, 0.5) is 5.69 Å². The molecule has 0 unspecified atom stereocenters. The van der Waals surface area contributed by atoms with Crippen LogP contribution < -0.4 is 4.72 Å². The summed E-state index contributed by atoms with van der Waals surface area (Å²) < 4.78 is 14.8. The molecule has 2 rings (SSSR count). The highest BCUT2D eigenvalue weighted by Gasteiger charge is 2.16. The molecule has 0 saturated heterocycles. The maximum atomic E-state index is 11.0. The fraction of sp³-hybridized carbons (Fsp3) is 0. The summed E-state index contributed by atoms with van der Waals surface area (Å²) in [5.74, 6) is 0. The molecule has 1 N–H and O–H groups in total. The summed E-state index contributed by atoms with van der Waals surface area (Å²) in [6, 6.07) is 5.80. The van der Waals surface area contributed by atoms with Crippen LogP contribution in [0.25, 0.3) is 0 Å². The molecule has 5 heteroatoms. The first-order valence-corrected chi connectivity index (χ1v) is 6.19. The van der Waals surface area contributed by atoms with Gasteiger partial charge < -0.3 is 0 Å². The molecule has 1 aromatic carbocycles. The lowest BCUT2D eigenvalue weighted by Crippen LogP contribution is -1.89. The lowest BCUT2D eigenvalue weighted by Gasteiger charge is -1.94. The van der Waals surface area contributed by atoms with Crippen LogP contribution in [0, 0.1) is 0 Å². The quantitative estimate of drug-likeness (QED) is 0.717. The van der Waals surface area contributed by atoms with Gasteiger partial charge in [0.05, 0.1) is 5.69 Å². The van der Waals surface area contributed by atoms with E-state index in [1.807, 2.05) is 18.2 Å². The van der Waals surface area contributed by atoms with Crippen LogP contribution in [0.2, 0.25) is 0 Å². The van der Waals surface area contributed by atoms with Gasteiger partial charge in [0, 0.05) is 9.37 Å². The molecule has 1 aliphatic rings. The highest BCUT2D eigenvalue weighted by molar-refractivity contribution is 9.10. The third-order valence-electron chi connectivity index (χ3n) is 1.30.